The molecule has 0 aromatic rings. The minimum atomic E-state index is -0.793. The zero-order valence-electron chi connectivity index (χ0n) is 10.7. The van der Waals surface area contributed by atoms with E-state index in [1.807, 2.05) is 11.8 Å². The van der Waals surface area contributed by atoms with Gasteiger partial charge in [0.15, 0.2) is 0 Å². The number of carboxylic acids is 1. The molecule has 0 bridgehead atoms. The van der Waals surface area contributed by atoms with Crippen LogP contribution >= 0.6 is 0 Å². The maximum atomic E-state index is 10.7. The molecule has 0 aromatic carbocycles. The Morgan fingerprint density at radius 2 is 1.94 bits per heavy atom. The number of carbonyl (C=O) groups excluding carboxylic acids is 1. The summed E-state index contributed by atoms with van der Waals surface area (Å²) in [6, 6.07) is 0. The summed E-state index contributed by atoms with van der Waals surface area (Å²) >= 11 is 0. The number of aliphatic carboxylic acids is 1. The van der Waals surface area contributed by atoms with Crippen LogP contribution in [0.5, 0.6) is 0 Å². The van der Waals surface area contributed by atoms with Gasteiger partial charge in [0.1, 0.15) is 0 Å². The summed E-state index contributed by atoms with van der Waals surface area (Å²) in [7, 11) is 0. The van der Waals surface area contributed by atoms with Crippen molar-refractivity contribution >= 4 is 11.9 Å². The summed E-state index contributed by atoms with van der Waals surface area (Å²) in [5.74, 6) is -0.833. The van der Waals surface area contributed by atoms with Crippen LogP contribution in [0.1, 0.15) is 26.7 Å². The first-order valence-electron chi connectivity index (χ1n) is 5.74. The summed E-state index contributed by atoms with van der Waals surface area (Å²) in [5, 5.41) is 11.3. The van der Waals surface area contributed by atoms with Gasteiger partial charge in [-0.15, -0.1) is 0 Å². The van der Waals surface area contributed by atoms with Crippen LogP contribution in [0, 0.1) is 0 Å². The highest BCUT2D eigenvalue weighted by Gasteiger charge is 2.07. The van der Waals surface area contributed by atoms with E-state index in [1.54, 1.807) is 0 Å². The lowest BCUT2D eigenvalue weighted by molar-refractivity contribution is -0.137. The molecule has 0 atom stereocenters. The van der Waals surface area contributed by atoms with Crippen molar-refractivity contribution in [2.75, 3.05) is 26.2 Å². The molecule has 0 aromatic heterocycles. The van der Waals surface area contributed by atoms with Crippen LogP contribution in [0.2, 0.25) is 0 Å². The second-order valence-electron chi connectivity index (χ2n) is 4.21. The summed E-state index contributed by atoms with van der Waals surface area (Å²) in [5.41, 5.74) is 1.01. The molecule has 0 aliphatic heterocycles. The number of rotatable bonds is 9. The SMILES string of the molecule is C=C(C)CN(CCCNC(C)=O)CCC(=O)O. The molecule has 0 rings (SSSR count). The van der Waals surface area contributed by atoms with Crippen molar-refractivity contribution < 1.29 is 14.7 Å². The normalized spacial score (nSPS) is 10.3. The van der Waals surface area contributed by atoms with E-state index in [2.05, 4.69) is 11.9 Å². The van der Waals surface area contributed by atoms with E-state index < -0.39 is 5.97 Å². The van der Waals surface area contributed by atoms with E-state index in [4.69, 9.17) is 5.11 Å². The Morgan fingerprint density at radius 3 is 2.41 bits per heavy atom. The van der Waals surface area contributed by atoms with Gasteiger partial charge in [0, 0.05) is 33.1 Å². The van der Waals surface area contributed by atoms with E-state index in [9.17, 15) is 9.59 Å². The quantitative estimate of drug-likeness (QED) is 0.465. The second kappa shape index (κ2) is 8.75. The Balaban J connectivity index is 3.88. The number of hydrogen-bond acceptors (Lipinski definition) is 3. The van der Waals surface area contributed by atoms with Gasteiger partial charge in [-0.2, -0.15) is 0 Å². The average molecular weight is 242 g/mol. The van der Waals surface area contributed by atoms with Crippen molar-refractivity contribution in [3.05, 3.63) is 12.2 Å². The molecule has 1 amide bonds. The lowest BCUT2D eigenvalue weighted by atomic mass is 10.2. The highest BCUT2D eigenvalue weighted by molar-refractivity contribution is 5.72. The van der Waals surface area contributed by atoms with Crippen molar-refractivity contribution in [3.63, 3.8) is 0 Å². The van der Waals surface area contributed by atoms with Crippen LogP contribution < -0.4 is 5.32 Å². The van der Waals surface area contributed by atoms with Gasteiger partial charge in [-0.1, -0.05) is 12.2 Å². The maximum absolute atomic E-state index is 10.7. The van der Waals surface area contributed by atoms with Crippen LogP contribution in [0.25, 0.3) is 0 Å². The predicted octanol–water partition coefficient (Wildman–Crippen LogP) is 0.865. The highest BCUT2D eigenvalue weighted by Crippen LogP contribution is 1.99. The highest BCUT2D eigenvalue weighted by atomic mass is 16.4. The van der Waals surface area contributed by atoms with E-state index in [0.29, 0.717) is 19.6 Å². The van der Waals surface area contributed by atoms with Crippen molar-refractivity contribution in [1.29, 1.82) is 0 Å². The Labute approximate surface area is 102 Å². The van der Waals surface area contributed by atoms with Crippen LogP contribution in [0.15, 0.2) is 12.2 Å². The lowest BCUT2D eigenvalue weighted by Crippen LogP contribution is -2.31. The fourth-order valence-corrected chi connectivity index (χ4v) is 1.47. The number of carbonyl (C=O) groups is 2. The first-order valence-corrected chi connectivity index (χ1v) is 5.74. The Bertz CT molecular complexity index is 277. The van der Waals surface area contributed by atoms with Crippen molar-refractivity contribution in [3.8, 4) is 0 Å². The molecule has 98 valence electrons. The number of hydrogen-bond donors (Lipinski definition) is 2. The van der Waals surface area contributed by atoms with Crippen LogP contribution in [0.3, 0.4) is 0 Å². The Morgan fingerprint density at radius 1 is 1.29 bits per heavy atom. The maximum Gasteiger partial charge on any atom is 0.304 e. The summed E-state index contributed by atoms with van der Waals surface area (Å²) in [6.45, 7) is 9.82. The fourth-order valence-electron chi connectivity index (χ4n) is 1.47. The monoisotopic (exact) mass is 242 g/mol. The van der Waals surface area contributed by atoms with E-state index in [1.165, 1.54) is 6.92 Å². The van der Waals surface area contributed by atoms with Gasteiger partial charge in [0.05, 0.1) is 6.42 Å². The predicted molar refractivity (Wildman–Crippen MR) is 66.8 cm³/mol. The number of nitrogens with zero attached hydrogens (tertiary/aromatic N) is 1. The topological polar surface area (TPSA) is 69.6 Å². The van der Waals surface area contributed by atoms with Crippen LogP contribution in [-0.4, -0.2) is 48.1 Å². The number of nitrogens with one attached hydrogen (secondary N) is 1. The largest absolute Gasteiger partial charge is 0.481 e. The smallest absolute Gasteiger partial charge is 0.304 e. The molecule has 0 aliphatic rings. The molecular formula is C12H22N2O3. The number of amides is 1. The molecule has 0 saturated carbocycles. The molecule has 0 spiro atoms. The third-order valence-electron chi connectivity index (χ3n) is 2.16. The third-order valence-corrected chi connectivity index (χ3v) is 2.16. The van der Waals surface area contributed by atoms with Gasteiger partial charge in [-0.25, -0.2) is 0 Å². The number of carboxylic acid groups (broad SMARTS) is 1. The van der Waals surface area contributed by atoms with Gasteiger partial charge in [-0.3, -0.25) is 14.5 Å². The Kier molecular flexibility index (Phi) is 8.05. The van der Waals surface area contributed by atoms with Crippen LogP contribution in [-0.2, 0) is 9.59 Å². The molecular weight excluding hydrogens is 220 g/mol. The summed E-state index contributed by atoms with van der Waals surface area (Å²) in [6.07, 6.45) is 0.944. The van der Waals surface area contributed by atoms with E-state index >= 15 is 0 Å². The minimum Gasteiger partial charge on any atom is -0.481 e. The first kappa shape index (κ1) is 15.6. The minimum absolute atomic E-state index is 0.0398. The molecule has 5 nitrogen and oxygen atoms in total. The fraction of sp³-hybridized carbons (Fsp3) is 0.667. The van der Waals surface area contributed by atoms with Gasteiger partial charge in [-0.05, 0) is 13.3 Å². The molecule has 2 N–H and O–H groups in total. The molecule has 5 heteroatoms. The zero-order chi connectivity index (χ0) is 13.3. The van der Waals surface area contributed by atoms with Gasteiger partial charge >= 0.3 is 5.97 Å². The lowest BCUT2D eigenvalue weighted by Gasteiger charge is -2.21. The second-order valence-corrected chi connectivity index (χ2v) is 4.21. The molecule has 0 radical (unpaired) electrons. The van der Waals surface area contributed by atoms with Gasteiger partial charge in [0.25, 0.3) is 0 Å². The van der Waals surface area contributed by atoms with Crippen LogP contribution in [0.4, 0.5) is 0 Å². The standard InChI is InChI=1S/C12H22N2O3/c1-10(2)9-14(8-5-12(16)17)7-4-6-13-11(3)15/h1,4-9H2,2-3H3,(H,13,15)(H,16,17). The molecule has 0 fully saturated rings. The van der Waals surface area contributed by atoms with Crippen molar-refractivity contribution in [2.24, 2.45) is 0 Å². The Hall–Kier alpha value is -1.36. The van der Waals surface area contributed by atoms with Gasteiger partial charge in [0.2, 0.25) is 5.91 Å². The van der Waals surface area contributed by atoms with Crippen molar-refractivity contribution in [2.45, 2.75) is 26.7 Å². The molecule has 0 heterocycles. The van der Waals surface area contributed by atoms with E-state index in [0.717, 1.165) is 18.5 Å². The molecule has 17 heavy (non-hydrogen) atoms. The van der Waals surface area contributed by atoms with Gasteiger partial charge < -0.3 is 10.4 Å². The summed E-state index contributed by atoms with van der Waals surface area (Å²) < 4.78 is 0. The molecule has 0 unspecified atom stereocenters. The average Bonchev–Trinajstić information content (AvgIpc) is 2.19. The zero-order valence-corrected chi connectivity index (χ0v) is 10.7. The molecule has 0 saturated heterocycles. The molecule has 0 aliphatic carbocycles. The van der Waals surface area contributed by atoms with E-state index in [-0.39, 0.29) is 12.3 Å². The summed E-state index contributed by atoms with van der Waals surface area (Å²) in [4.78, 5) is 23.2. The first-order chi connectivity index (χ1) is 7.91. The third kappa shape index (κ3) is 10.9. The van der Waals surface area contributed by atoms with Crippen molar-refractivity contribution in [1.82, 2.24) is 10.2 Å².